The summed E-state index contributed by atoms with van der Waals surface area (Å²) < 4.78 is 22.0. The first-order valence-electron chi connectivity index (χ1n) is 6.60. The number of hydrogen-bond donors (Lipinski definition) is 6. The lowest BCUT2D eigenvalue weighted by Crippen LogP contribution is -2.33. The second-order valence-electron chi connectivity index (χ2n) is 5.12. The van der Waals surface area contributed by atoms with E-state index in [-0.39, 0.29) is 12.6 Å². The van der Waals surface area contributed by atoms with E-state index in [4.69, 9.17) is 20.3 Å². The summed E-state index contributed by atoms with van der Waals surface area (Å²) in [6.45, 7) is -0.371. The Bertz CT molecular complexity index is 673. The fraction of sp³-hybridized carbons (Fsp3) is 0.600. The molecule has 128 valence electrons. The first kappa shape index (κ1) is 16.3. The molecule has 12 nitrogen and oxygen atoms in total. The summed E-state index contributed by atoms with van der Waals surface area (Å²) in [6, 6.07) is 0. The molecule has 0 amide bonds. The summed E-state index contributed by atoms with van der Waals surface area (Å²) in [4.78, 5) is 21.4. The van der Waals surface area contributed by atoms with Crippen LogP contribution in [0.5, 0.6) is 0 Å². The lowest BCUT2D eigenvalue weighted by Gasteiger charge is -2.19. The van der Waals surface area contributed by atoms with Crippen LogP contribution < -0.4 is 11.1 Å². The van der Waals surface area contributed by atoms with Crippen LogP contribution in [0, 0.1) is 0 Å². The zero-order valence-corrected chi connectivity index (χ0v) is 12.6. The molecule has 0 saturated carbocycles. The summed E-state index contributed by atoms with van der Waals surface area (Å²) in [7, 11) is -4.71. The van der Waals surface area contributed by atoms with Gasteiger partial charge in [-0.25, -0.2) is 14.2 Å². The topological polar surface area (TPSA) is 185 Å². The predicted octanol–water partition coefficient (Wildman–Crippen LogP) is -2.15. The van der Waals surface area contributed by atoms with Crippen molar-refractivity contribution in [2.45, 2.75) is 31.1 Å². The van der Waals surface area contributed by atoms with Gasteiger partial charge in [-0.2, -0.15) is 5.10 Å². The van der Waals surface area contributed by atoms with Crippen molar-refractivity contribution in [3.63, 3.8) is 0 Å². The van der Waals surface area contributed by atoms with Crippen molar-refractivity contribution in [2.24, 2.45) is 10.7 Å². The molecule has 0 aliphatic carbocycles. The lowest BCUT2D eigenvalue weighted by molar-refractivity contribution is -0.0221. The number of hydrogen-bond acceptors (Lipinski definition) is 9. The number of nitrogens with one attached hydrogen (secondary N) is 1. The Morgan fingerprint density at radius 3 is 2.91 bits per heavy atom. The average molecular weight is 349 g/mol. The number of phosphoric acid groups is 1. The predicted molar refractivity (Wildman–Crippen MR) is 75.1 cm³/mol. The van der Waals surface area contributed by atoms with Crippen LogP contribution in [0.2, 0.25) is 0 Å². The summed E-state index contributed by atoms with van der Waals surface area (Å²) in [5.41, 5.74) is 6.04. The maximum Gasteiger partial charge on any atom is 0.469 e. The first-order chi connectivity index (χ1) is 10.8. The Labute approximate surface area is 129 Å². The molecule has 0 aromatic carbocycles. The SMILES string of the molecule is NC1=NCn2ncc(C3OC(COP(=O)(O)O)C(O)C3O)c2N1. The van der Waals surface area contributed by atoms with E-state index < -0.39 is 38.8 Å². The number of anilines is 1. The summed E-state index contributed by atoms with van der Waals surface area (Å²) in [5.74, 6) is 0.638. The highest BCUT2D eigenvalue weighted by Gasteiger charge is 2.46. The molecule has 0 bridgehead atoms. The summed E-state index contributed by atoms with van der Waals surface area (Å²) in [5, 5.41) is 27.0. The van der Waals surface area contributed by atoms with Crippen molar-refractivity contribution in [3.05, 3.63) is 11.8 Å². The molecule has 1 fully saturated rings. The maximum atomic E-state index is 10.7. The molecule has 4 atom stereocenters. The minimum absolute atomic E-state index is 0.175. The smallest absolute Gasteiger partial charge is 0.387 e. The van der Waals surface area contributed by atoms with Crippen LogP contribution in [-0.2, 0) is 20.5 Å². The number of rotatable bonds is 4. The van der Waals surface area contributed by atoms with Crippen LogP contribution in [0.1, 0.15) is 11.7 Å². The monoisotopic (exact) mass is 349 g/mol. The Kier molecular flexibility index (Phi) is 4.14. The van der Waals surface area contributed by atoms with Crippen molar-refractivity contribution in [1.82, 2.24) is 9.78 Å². The van der Waals surface area contributed by atoms with Crippen molar-refractivity contribution < 1.29 is 33.8 Å². The Balaban J connectivity index is 1.77. The van der Waals surface area contributed by atoms with E-state index in [9.17, 15) is 14.8 Å². The molecule has 2 aliphatic heterocycles. The van der Waals surface area contributed by atoms with Gasteiger partial charge in [0.15, 0.2) is 5.96 Å². The molecule has 1 aromatic heterocycles. The summed E-state index contributed by atoms with van der Waals surface area (Å²) in [6.07, 6.45) is -3.33. The van der Waals surface area contributed by atoms with E-state index in [0.29, 0.717) is 11.4 Å². The number of aliphatic imine (C=N–C) groups is 1. The van der Waals surface area contributed by atoms with Gasteiger partial charge in [0.25, 0.3) is 0 Å². The normalized spacial score (nSPS) is 30.7. The minimum atomic E-state index is -4.71. The van der Waals surface area contributed by atoms with Crippen LogP contribution in [0.25, 0.3) is 0 Å². The molecule has 2 aliphatic rings. The molecule has 3 rings (SSSR count). The van der Waals surface area contributed by atoms with E-state index in [2.05, 4.69) is 19.9 Å². The van der Waals surface area contributed by atoms with Gasteiger partial charge in [-0.1, -0.05) is 0 Å². The van der Waals surface area contributed by atoms with Gasteiger partial charge in [0.05, 0.1) is 12.8 Å². The van der Waals surface area contributed by atoms with E-state index in [0.717, 1.165) is 0 Å². The number of aromatic nitrogens is 2. The quantitative estimate of drug-likeness (QED) is 0.327. The highest BCUT2D eigenvalue weighted by Crippen LogP contribution is 2.41. The van der Waals surface area contributed by atoms with Crippen LogP contribution in [0.3, 0.4) is 0 Å². The second-order valence-corrected chi connectivity index (χ2v) is 6.36. The summed E-state index contributed by atoms with van der Waals surface area (Å²) >= 11 is 0. The Morgan fingerprint density at radius 2 is 2.22 bits per heavy atom. The van der Waals surface area contributed by atoms with E-state index in [1.54, 1.807) is 0 Å². The van der Waals surface area contributed by atoms with Crippen molar-refractivity contribution in [2.75, 3.05) is 11.9 Å². The van der Waals surface area contributed by atoms with Gasteiger partial charge in [0, 0.05) is 5.56 Å². The van der Waals surface area contributed by atoms with E-state index >= 15 is 0 Å². The Hall–Kier alpha value is -1.53. The van der Waals surface area contributed by atoms with E-state index in [1.807, 2.05) is 0 Å². The largest absolute Gasteiger partial charge is 0.469 e. The molecule has 1 aromatic rings. The van der Waals surface area contributed by atoms with Crippen molar-refractivity contribution >= 4 is 19.6 Å². The van der Waals surface area contributed by atoms with E-state index in [1.165, 1.54) is 10.9 Å². The molecule has 13 heteroatoms. The lowest BCUT2D eigenvalue weighted by atomic mass is 10.0. The number of nitrogens with zero attached hydrogens (tertiary/aromatic N) is 3. The Morgan fingerprint density at radius 1 is 1.48 bits per heavy atom. The number of aliphatic hydroxyl groups excluding tert-OH is 2. The van der Waals surface area contributed by atoms with Gasteiger partial charge in [0.1, 0.15) is 36.9 Å². The third-order valence-electron chi connectivity index (χ3n) is 3.57. The zero-order chi connectivity index (χ0) is 16.8. The maximum absolute atomic E-state index is 10.7. The van der Waals surface area contributed by atoms with Crippen LogP contribution in [0.4, 0.5) is 5.82 Å². The van der Waals surface area contributed by atoms with Crippen LogP contribution >= 0.6 is 7.82 Å². The molecular formula is C10H16N5O7P. The molecule has 0 spiro atoms. The third-order valence-corrected chi connectivity index (χ3v) is 4.05. The van der Waals surface area contributed by atoms with Gasteiger partial charge in [0.2, 0.25) is 0 Å². The number of ether oxygens (including phenoxy) is 1. The van der Waals surface area contributed by atoms with Gasteiger partial charge < -0.3 is 35.8 Å². The number of nitrogens with two attached hydrogens (primary N) is 1. The highest BCUT2D eigenvalue weighted by atomic mass is 31.2. The molecule has 0 radical (unpaired) electrons. The molecule has 23 heavy (non-hydrogen) atoms. The average Bonchev–Trinajstić information content (AvgIpc) is 2.99. The fourth-order valence-electron chi connectivity index (χ4n) is 2.47. The number of aliphatic hydroxyl groups is 2. The molecule has 7 N–H and O–H groups in total. The van der Waals surface area contributed by atoms with Gasteiger partial charge in [-0.3, -0.25) is 4.52 Å². The van der Waals surface area contributed by atoms with Crippen LogP contribution in [0.15, 0.2) is 11.2 Å². The molecular weight excluding hydrogens is 333 g/mol. The third kappa shape index (κ3) is 3.23. The van der Waals surface area contributed by atoms with Gasteiger partial charge >= 0.3 is 7.82 Å². The first-order valence-corrected chi connectivity index (χ1v) is 8.13. The molecule has 3 heterocycles. The van der Waals surface area contributed by atoms with Gasteiger partial charge in [-0.05, 0) is 0 Å². The molecule has 4 unspecified atom stereocenters. The van der Waals surface area contributed by atoms with Crippen molar-refractivity contribution in [3.8, 4) is 0 Å². The second kappa shape index (κ2) is 5.83. The molecule has 1 saturated heterocycles. The number of fused-ring (bicyclic) bond motifs is 1. The minimum Gasteiger partial charge on any atom is -0.387 e. The zero-order valence-electron chi connectivity index (χ0n) is 11.7. The van der Waals surface area contributed by atoms with Crippen LogP contribution in [-0.4, -0.2) is 60.7 Å². The number of phosphoric ester groups is 1. The van der Waals surface area contributed by atoms with Crippen molar-refractivity contribution in [1.29, 1.82) is 0 Å². The fourth-order valence-corrected chi connectivity index (χ4v) is 2.81. The highest BCUT2D eigenvalue weighted by molar-refractivity contribution is 7.46. The van der Waals surface area contributed by atoms with Gasteiger partial charge in [-0.15, -0.1) is 0 Å². The number of guanidine groups is 1. The standard InChI is InChI=1S/C10H16N5O7P/c11-10-12-3-15-9(14-10)4(1-13-15)8-7(17)6(16)5(22-8)2-21-23(18,19)20/h1,5-8,16-17H,2-3H2,(H3,11,12,14)(H2,18,19,20).